The van der Waals surface area contributed by atoms with Crippen LogP contribution in [0.2, 0.25) is 0 Å². The van der Waals surface area contributed by atoms with E-state index in [0.717, 1.165) is 25.7 Å². The van der Waals surface area contributed by atoms with Crippen LogP contribution in [0, 0.1) is 0 Å². The van der Waals surface area contributed by atoms with Gasteiger partial charge in [0.25, 0.3) is 0 Å². The molecule has 0 heterocycles. The van der Waals surface area contributed by atoms with Gasteiger partial charge in [0.05, 0.1) is 6.10 Å². The van der Waals surface area contributed by atoms with Crippen molar-refractivity contribution >= 4 is 5.97 Å². The van der Waals surface area contributed by atoms with Gasteiger partial charge in [0.2, 0.25) is 0 Å². The molecule has 0 saturated heterocycles. The van der Waals surface area contributed by atoms with Crippen molar-refractivity contribution in [2.24, 2.45) is 0 Å². The second-order valence-corrected chi connectivity index (χ2v) is 5.20. The first-order chi connectivity index (χ1) is 11.2. The summed E-state index contributed by atoms with van der Waals surface area (Å²) in [6.07, 6.45) is 24.6. The Balaban J connectivity index is 3.68. The van der Waals surface area contributed by atoms with E-state index in [-0.39, 0.29) is 6.42 Å². The summed E-state index contributed by atoms with van der Waals surface area (Å²) in [7, 11) is 0. The summed E-state index contributed by atoms with van der Waals surface area (Å²) in [4.78, 5) is 10.3. The van der Waals surface area contributed by atoms with Crippen LogP contribution in [0.25, 0.3) is 0 Å². The predicted molar refractivity (Wildman–Crippen MR) is 97.3 cm³/mol. The van der Waals surface area contributed by atoms with Crippen LogP contribution in [0.4, 0.5) is 0 Å². The molecule has 2 N–H and O–H groups in total. The molecule has 0 aliphatic rings. The Bertz CT molecular complexity index is 428. The molecule has 0 aliphatic carbocycles. The highest BCUT2D eigenvalue weighted by Gasteiger charge is 1.93. The molecular formula is C20H30O3. The summed E-state index contributed by atoms with van der Waals surface area (Å²) in [5, 5.41) is 18.2. The monoisotopic (exact) mass is 318 g/mol. The number of aliphatic hydroxyl groups excluding tert-OH is 1. The lowest BCUT2D eigenvalue weighted by Crippen LogP contribution is -1.98. The first-order valence-electron chi connectivity index (χ1n) is 8.35. The van der Waals surface area contributed by atoms with E-state index in [1.165, 1.54) is 0 Å². The van der Waals surface area contributed by atoms with Crippen molar-refractivity contribution in [3.8, 4) is 0 Å². The average Bonchev–Trinajstić information content (AvgIpc) is 2.52. The minimum absolute atomic E-state index is 0.226. The maximum atomic E-state index is 10.3. The summed E-state index contributed by atoms with van der Waals surface area (Å²) in [6, 6.07) is 0. The van der Waals surface area contributed by atoms with E-state index in [2.05, 4.69) is 25.2 Å². The molecule has 0 bridgehead atoms. The molecule has 0 aliphatic heterocycles. The molecule has 0 radical (unpaired) electrons. The number of allylic oxidation sites excluding steroid dienone is 8. The van der Waals surface area contributed by atoms with E-state index < -0.39 is 12.1 Å². The fourth-order valence-electron chi connectivity index (χ4n) is 1.77. The number of rotatable bonds is 13. The zero-order chi connectivity index (χ0) is 17.2. The minimum Gasteiger partial charge on any atom is -0.481 e. The molecule has 3 heteroatoms. The largest absolute Gasteiger partial charge is 0.481 e. The lowest BCUT2D eigenvalue weighted by molar-refractivity contribution is -0.137. The smallest absolute Gasteiger partial charge is 0.303 e. The maximum Gasteiger partial charge on any atom is 0.303 e. The van der Waals surface area contributed by atoms with Crippen molar-refractivity contribution in [1.29, 1.82) is 0 Å². The molecule has 0 spiro atoms. The van der Waals surface area contributed by atoms with Gasteiger partial charge in [0.1, 0.15) is 0 Å². The van der Waals surface area contributed by atoms with Crippen molar-refractivity contribution in [2.75, 3.05) is 0 Å². The zero-order valence-electron chi connectivity index (χ0n) is 14.1. The SMILES string of the molecule is CC/C=C/C/C=C/C[C@H](O)/C=C/C=C\C/C=C\CCCC(=O)O. The van der Waals surface area contributed by atoms with Gasteiger partial charge in [-0.05, 0) is 38.5 Å². The summed E-state index contributed by atoms with van der Waals surface area (Å²) < 4.78 is 0. The van der Waals surface area contributed by atoms with Crippen LogP contribution in [0.3, 0.4) is 0 Å². The van der Waals surface area contributed by atoms with Crippen molar-refractivity contribution in [2.45, 2.75) is 58.0 Å². The third kappa shape index (κ3) is 18.1. The number of carbonyl (C=O) groups is 1. The Morgan fingerprint density at radius 2 is 1.65 bits per heavy atom. The van der Waals surface area contributed by atoms with E-state index in [1.807, 2.05) is 36.5 Å². The minimum atomic E-state index is -0.741. The molecule has 23 heavy (non-hydrogen) atoms. The van der Waals surface area contributed by atoms with Gasteiger partial charge in [-0.2, -0.15) is 0 Å². The third-order valence-electron chi connectivity index (χ3n) is 3.00. The van der Waals surface area contributed by atoms with E-state index in [0.29, 0.717) is 12.8 Å². The van der Waals surface area contributed by atoms with Crippen molar-refractivity contribution in [3.63, 3.8) is 0 Å². The van der Waals surface area contributed by atoms with Crippen LogP contribution < -0.4 is 0 Å². The summed E-state index contributed by atoms with van der Waals surface area (Å²) in [6.45, 7) is 2.11. The topological polar surface area (TPSA) is 57.5 Å². The second-order valence-electron chi connectivity index (χ2n) is 5.20. The normalized spacial score (nSPS) is 14.2. The van der Waals surface area contributed by atoms with Crippen LogP contribution in [-0.4, -0.2) is 22.3 Å². The fourth-order valence-corrected chi connectivity index (χ4v) is 1.77. The molecule has 0 fully saturated rings. The van der Waals surface area contributed by atoms with E-state index in [1.54, 1.807) is 6.08 Å². The molecule has 0 unspecified atom stereocenters. The van der Waals surface area contributed by atoms with Gasteiger partial charge in [-0.1, -0.05) is 67.7 Å². The lowest BCUT2D eigenvalue weighted by atomic mass is 10.2. The average molecular weight is 318 g/mol. The van der Waals surface area contributed by atoms with E-state index >= 15 is 0 Å². The van der Waals surface area contributed by atoms with Gasteiger partial charge in [0, 0.05) is 6.42 Å². The Hall–Kier alpha value is -1.87. The molecular weight excluding hydrogens is 288 g/mol. The van der Waals surface area contributed by atoms with E-state index in [4.69, 9.17) is 5.11 Å². The van der Waals surface area contributed by atoms with Gasteiger partial charge >= 0.3 is 5.97 Å². The number of carboxylic acids is 1. The van der Waals surface area contributed by atoms with Crippen LogP contribution in [0.1, 0.15) is 51.9 Å². The number of aliphatic hydroxyl groups is 1. The Kier molecular flexibility index (Phi) is 15.2. The quantitative estimate of drug-likeness (QED) is 0.286. The highest BCUT2D eigenvalue weighted by Crippen LogP contribution is 2.00. The Labute approximate surface area is 140 Å². The number of hydrogen-bond donors (Lipinski definition) is 2. The van der Waals surface area contributed by atoms with Gasteiger partial charge in [-0.3, -0.25) is 4.79 Å². The van der Waals surface area contributed by atoms with Gasteiger partial charge in [0.15, 0.2) is 0 Å². The van der Waals surface area contributed by atoms with Crippen molar-refractivity contribution in [3.05, 3.63) is 60.8 Å². The lowest BCUT2D eigenvalue weighted by Gasteiger charge is -1.98. The molecule has 0 amide bonds. The molecule has 0 aromatic heterocycles. The van der Waals surface area contributed by atoms with Gasteiger partial charge in [-0.25, -0.2) is 0 Å². The molecule has 0 aromatic rings. The van der Waals surface area contributed by atoms with Gasteiger partial charge < -0.3 is 10.2 Å². The molecule has 0 saturated carbocycles. The van der Waals surface area contributed by atoms with Crippen LogP contribution in [0.5, 0.6) is 0 Å². The third-order valence-corrected chi connectivity index (χ3v) is 3.00. The highest BCUT2D eigenvalue weighted by molar-refractivity contribution is 5.66. The van der Waals surface area contributed by atoms with E-state index in [9.17, 15) is 9.90 Å². The number of carboxylic acid groups (broad SMARTS) is 1. The molecule has 0 rings (SSSR count). The predicted octanol–water partition coefficient (Wildman–Crippen LogP) is 4.96. The maximum absolute atomic E-state index is 10.3. The van der Waals surface area contributed by atoms with Crippen molar-refractivity contribution in [1.82, 2.24) is 0 Å². The summed E-state index contributed by atoms with van der Waals surface area (Å²) >= 11 is 0. The molecule has 128 valence electrons. The van der Waals surface area contributed by atoms with Crippen LogP contribution >= 0.6 is 0 Å². The highest BCUT2D eigenvalue weighted by atomic mass is 16.4. The second kappa shape index (κ2) is 16.5. The van der Waals surface area contributed by atoms with Crippen molar-refractivity contribution < 1.29 is 15.0 Å². The van der Waals surface area contributed by atoms with Crippen LogP contribution in [0.15, 0.2) is 60.8 Å². The zero-order valence-corrected chi connectivity index (χ0v) is 14.1. The first kappa shape index (κ1) is 21.1. The molecule has 3 nitrogen and oxygen atoms in total. The Morgan fingerprint density at radius 3 is 2.39 bits per heavy atom. The number of hydrogen-bond acceptors (Lipinski definition) is 2. The molecule has 1 atom stereocenters. The number of aliphatic carboxylic acids is 1. The van der Waals surface area contributed by atoms with Gasteiger partial charge in [-0.15, -0.1) is 0 Å². The van der Waals surface area contributed by atoms with Crippen LogP contribution in [-0.2, 0) is 4.79 Å². The molecule has 0 aromatic carbocycles. The summed E-state index contributed by atoms with van der Waals surface area (Å²) in [5.41, 5.74) is 0. The Morgan fingerprint density at radius 1 is 0.957 bits per heavy atom. The first-order valence-corrected chi connectivity index (χ1v) is 8.35. The number of unbranched alkanes of at least 4 members (excludes halogenated alkanes) is 1. The fraction of sp³-hybridized carbons (Fsp3) is 0.450. The summed E-state index contributed by atoms with van der Waals surface area (Å²) in [5.74, 6) is -0.741. The standard InChI is InChI=1S/C20H30O3/c1-2-3-4-5-10-13-16-19(21)17-14-11-8-6-7-9-12-15-18-20(22)23/h3-4,7-11,13-14,17,19,21H,2,5-6,12,15-16,18H2,1H3,(H,22,23)/b4-3+,9-7-,11-8-,13-10+,17-14+/t19-/m0/s1.